The summed E-state index contributed by atoms with van der Waals surface area (Å²) in [4.78, 5) is 3.97. The number of fused-ring (bicyclic) bond motifs is 1. The Bertz CT molecular complexity index is 1220. The van der Waals surface area contributed by atoms with Crippen molar-refractivity contribution in [2.45, 2.75) is 12.8 Å². The Kier molecular flexibility index (Phi) is 5.58. The zero-order valence-corrected chi connectivity index (χ0v) is 16.9. The zero-order valence-electron chi connectivity index (χ0n) is 15.4. The van der Waals surface area contributed by atoms with Crippen LogP contribution in [0.2, 0.25) is 10.0 Å². The first-order valence-corrected chi connectivity index (χ1v) is 9.70. The van der Waals surface area contributed by atoms with Crippen molar-refractivity contribution in [3.05, 3.63) is 94.1 Å². The van der Waals surface area contributed by atoms with E-state index in [2.05, 4.69) is 4.98 Å². The Hall–Kier alpha value is -2.76. The zero-order chi connectivity index (χ0) is 21.3. The van der Waals surface area contributed by atoms with Gasteiger partial charge in [0.2, 0.25) is 0 Å². The molecule has 0 atom stereocenters. The van der Waals surface area contributed by atoms with Crippen LogP contribution in [-0.2, 0) is 12.8 Å². The third-order valence-electron chi connectivity index (χ3n) is 4.62. The summed E-state index contributed by atoms with van der Waals surface area (Å²) in [6, 6.07) is 18.0. The van der Waals surface area contributed by atoms with E-state index in [1.807, 2.05) is 6.07 Å². The normalized spacial score (nSPS) is 11.6. The molecule has 4 aromatic rings. The van der Waals surface area contributed by atoms with Crippen LogP contribution in [0.5, 0.6) is 5.75 Å². The van der Waals surface area contributed by atoms with Gasteiger partial charge < -0.3 is 4.74 Å². The van der Waals surface area contributed by atoms with Crippen molar-refractivity contribution in [2.75, 3.05) is 0 Å². The van der Waals surface area contributed by atoms with E-state index in [1.54, 1.807) is 48.5 Å². The summed E-state index contributed by atoms with van der Waals surface area (Å²) in [5.41, 5.74) is 1.25. The average Bonchev–Trinajstić information content (AvgIpc) is 2.73. The van der Waals surface area contributed by atoms with Crippen molar-refractivity contribution in [1.82, 2.24) is 4.98 Å². The quantitative estimate of drug-likeness (QED) is 0.318. The number of hydrogen-bond donors (Lipinski definition) is 0. The van der Waals surface area contributed by atoms with Gasteiger partial charge in [0.1, 0.15) is 12.4 Å². The van der Waals surface area contributed by atoms with Crippen molar-refractivity contribution < 1.29 is 17.9 Å². The van der Waals surface area contributed by atoms with Gasteiger partial charge in [-0.1, -0.05) is 47.5 Å². The first kappa shape index (κ1) is 20.5. The predicted octanol–water partition coefficient (Wildman–Crippen LogP) is 7.81. The highest BCUT2D eigenvalue weighted by Gasteiger charge is 2.33. The van der Waals surface area contributed by atoms with Gasteiger partial charge in [-0.25, -0.2) is 0 Å². The number of nitrogens with zero attached hydrogens (tertiary/aromatic N) is 1. The fraction of sp³-hybridized carbons (Fsp3) is 0.0870. The highest BCUT2D eigenvalue weighted by molar-refractivity contribution is 6.33. The average molecular weight is 448 g/mol. The lowest BCUT2D eigenvalue weighted by Gasteiger charge is -2.13. The van der Waals surface area contributed by atoms with Gasteiger partial charge in [-0.05, 0) is 53.6 Å². The lowest BCUT2D eigenvalue weighted by atomic mass is 9.99. The van der Waals surface area contributed by atoms with E-state index in [1.165, 1.54) is 12.3 Å². The molecule has 0 aliphatic carbocycles. The number of hydrogen-bond acceptors (Lipinski definition) is 2. The van der Waals surface area contributed by atoms with Crippen LogP contribution in [0.4, 0.5) is 13.2 Å². The summed E-state index contributed by atoms with van der Waals surface area (Å²) in [5, 5.41) is 1.51. The number of pyridine rings is 1. The largest absolute Gasteiger partial charge is 0.489 e. The van der Waals surface area contributed by atoms with Crippen LogP contribution in [0.25, 0.3) is 22.0 Å². The van der Waals surface area contributed by atoms with Crippen molar-refractivity contribution in [2.24, 2.45) is 0 Å². The van der Waals surface area contributed by atoms with E-state index in [4.69, 9.17) is 27.9 Å². The first-order valence-electron chi connectivity index (χ1n) is 8.95. The second-order valence-corrected chi connectivity index (χ2v) is 7.45. The Morgan fingerprint density at radius 2 is 1.70 bits per heavy atom. The van der Waals surface area contributed by atoms with Crippen LogP contribution in [0.15, 0.2) is 72.9 Å². The Morgan fingerprint density at radius 1 is 0.900 bits per heavy atom. The molecule has 1 aromatic heterocycles. The van der Waals surface area contributed by atoms with Crippen LogP contribution in [0.3, 0.4) is 0 Å². The van der Waals surface area contributed by atoms with Gasteiger partial charge in [-0.2, -0.15) is 13.2 Å². The molecule has 7 heteroatoms. The first-order chi connectivity index (χ1) is 14.3. The molecule has 0 radical (unpaired) electrons. The maximum absolute atomic E-state index is 13.4. The molecule has 0 N–H and O–H groups in total. The number of aromatic nitrogens is 1. The van der Waals surface area contributed by atoms with Crippen LogP contribution >= 0.6 is 23.2 Å². The molecule has 0 fully saturated rings. The number of ether oxygens (including phenoxy) is 1. The standard InChI is InChI=1S/C23H14Cl2F3NO/c24-16-7-8-21(25)15(11-16)13-30-17-4-1-3-14(12-17)18-9-10-29-22-19(18)5-2-6-20(22)23(26,27)28/h1-12H,13H2. The second kappa shape index (κ2) is 8.17. The molecule has 4 rings (SSSR count). The maximum atomic E-state index is 13.4. The minimum Gasteiger partial charge on any atom is -0.489 e. The predicted molar refractivity (Wildman–Crippen MR) is 113 cm³/mol. The second-order valence-electron chi connectivity index (χ2n) is 6.61. The number of halogens is 5. The van der Waals surface area contributed by atoms with E-state index >= 15 is 0 Å². The summed E-state index contributed by atoms with van der Waals surface area (Å²) < 4.78 is 45.9. The van der Waals surface area contributed by atoms with E-state index in [-0.39, 0.29) is 12.1 Å². The number of para-hydroxylation sites is 1. The number of rotatable bonds is 4. The molecule has 2 nitrogen and oxygen atoms in total. The molecule has 0 saturated heterocycles. The fourth-order valence-corrected chi connectivity index (χ4v) is 3.59. The highest BCUT2D eigenvalue weighted by Crippen LogP contribution is 2.37. The third-order valence-corrected chi connectivity index (χ3v) is 5.23. The van der Waals surface area contributed by atoms with Gasteiger partial charge in [0, 0.05) is 27.2 Å². The molecule has 3 aromatic carbocycles. The Morgan fingerprint density at radius 3 is 2.50 bits per heavy atom. The minimum absolute atomic E-state index is 0.0838. The molecule has 152 valence electrons. The van der Waals surface area contributed by atoms with Crippen molar-refractivity contribution in [1.29, 1.82) is 0 Å². The topological polar surface area (TPSA) is 22.1 Å². The van der Waals surface area contributed by atoms with Crippen LogP contribution in [0.1, 0.15) is 11.1 Å². The fourth-order valence-electron chi connectivity index (χ4n) is 3.22. The molecule has 30 heavy (non-hydrogen) atoms. The SMILES string of the molecule is FC(F)(F)c1cccc2c(-c3cccc(OCc4cc(Cl)ccc4Cl)c3)ccnc12. The molecule has 0 bridgehead atoms. The molecular formula is C23H14Cl2F3NO. The van der Waals surface area contributed by atoms with Crippen molar-refractivity contribution >= 4 is 34.1 Å². The van der Waals surface area contributed by atoms with Crippen LogP contribution in [-0.4, -0.2) is 4.98 Å². The van der Waals surface area contributed by atoms with Crippen LogP contribution in [0, 0.1) is 0 Å². The number of benzene rings is 3. The summed E-state index contributed by atoms with van der Waals surface area (Å²) in [7, 11) is 0. The molecule has 0 aliphatic rings. The monoisotopic (exact) mass is 447 g/mol. The van der Waals surface area contributed by atoms with E-state index in [9.17, 15) is 13.2 Å². The van der Waals surface area contributed by atoms with Gasteiger partial charge in [-0.3, -0.25) is 4.98 Å². The lowest BCUT2D eigenvalue weighted by Crippen LogP contribution is -2.06. The molecule has 0 saturated carbocycles. The van der Waals surface area contributed by atoms with Gasteiger partial charge in [0.05, 0.1) is 11.1 Å². The van der Waals surface area contributed by atoms with Crippen molar-refractivity contribution in [3.8, 4) is 16.9 Å². The molecular weight excluding hydrogens is 434 g/mol. The summed E-state index contributed by atoms with van der Waals surface area (Å²) in [6.07, 6.45) is -3.10. The van der Waals surface area contributed by atoms with Gasteiger partial charge in [0.25, 0.3) is 0 Å². The molecule has 0 aliphatic heterocycles. The molecule has 0 spiro atoms. The van der Waals surface area contributed by atoms with Crippen molar-refractivity contribution in [3.63, 3.8) is 0 Å². The molecule has 1 heterocycles. The van der Waals surface area contributed by atoms with Gasteiger partial charge >= 0.3 is 6.18 Å². The van der Waals surface area contributed by atoms with E-state index < -0.39 is 11.7 Å². The molecule has 0 amide bonds. The lowest BCUT2D eigenvalue weighted by molar-refractivity contribution is -0.136. The Balaban J connectivity index is 1.69. The molecule has 0 unspecified atom stereocenters. The minimum atomic E-state index is -4.48. The van der Waals surface area contributed by atoms with Gasteiger partial charge in [-0.15, -0.1) is 0 Å². The summed E-state index contributed by atoms with van der Waals surface area (Å²) in [6.45, 7) is 0.207. The summed E-state index contributed by atoms with van der Waals surface area (Å²) >= 11 is 12.2. The highest BCUT2D eigenvalue weighted by atomic mass is 35.5. The van der Waals surface area contributed by atoms with Crippen LogP contribution < -0.4 is 4.74 Å². The number of alkyl halides is 3. The maximum Gasteiger partial charge on any atom is 0.418 e. The van der Waals surface area contributed by atoms with E-state index in [0.29, 0.717) is 26.7 Å². The van der Waals surface area contributed by atoms with E-state index in [0.717, 1.165) is 17.2 Å². The summed E-state index contributed by atoms with van der Waals surface area (Å²) in [5.74, 6) is 0.556. The smallest absolute Gasteiger partial charge is 0.418 e. The third kappa shape index (κ3) is 4.23. The van der Waals surface area contributed by atoms with Gasteiger partial charge in [0.15, 0.2) is 0 Å². The Labute approximate surface area is 180 Å².